The minimum absolute atomic E-state index is 0.172. The molecular weight excluding hydrogens is 424 g/mol. The number of pyridine rings is 1. The van der Waals surface area contributed by atoms with Crippen LogP contribution in [0.5, 0.6) is 0 Å². The molecular formula is C24H25FN5OP. The summed E-state index contributed by atoms with van der Waals surface area (Å²) in [4.78, 5) is 28.6. The molecule has 1 amide bonds. The Kier molecular flexibility index (Phi) is 5.17. The average Bonchev–Trinajstić information content (AvgIpc) is 3.27. The molecule has 32 heavy (non-hydrogen) atoms. The molecule has 0 spiro atoms. The number of nitrogens with one attached hydrogen (secondary N) is 1. The first-order valence-corrected chi connectivity index (χ1v) is 11.3. The molecule has 6 rings (SSSR count). The van der Waals surface area contributed by atoms with E-state index in [1.165, 1.54) is 18.5 Å². The van der Waals surface area contributed by atoms with Gasteiger partial charge >= 0.3 is 0 Å². The number of carbonyl (C=O) groups is 1. The number of benzene rings is 1. The lowest BCUT2D eigenvalue weighted by Crippen LogP contribution is -2.35. The van der Waals surface area contributed by atoms with Gasteiger partial charge in [-0.1, -0.05) is 32.0 Å². The Morgan fingerprint density at radius 2 is 1.88 bits per heavy atom. The molecule has 1 aliphatic carbocycles. The monoisotopic (exact) mass is 449 g/mol. The second-order valence-corrected chi connectivity index (χ2v) is 10.3. The lowest BCUT2D eigenvalue weighted by Gasteiger charge is -2.33. The third-order valence-electron chi connectivity index (χ3n) is 6.27. The van der Waals surface area contributed by atoms with Gasteiger partial charge in [0.05, 0.1) is 11.3 Å². The molecule has 0 radical (unpaired) electrons. The smallest absolute Gasteiger partial charge is 0.258 e. The summed E-state index contributed by atoms with van der Waals surface area (Å²) in [6.45, 7) is 4.83. The van der Waals surface area contributed by atoms with Gasteiger partial charge in [0, 0.05) is 53.4 Å². The van der Waals surface area contributed by atoms with E-state index in [1.54, 1.807) is 30.5 Å². The van der Waals surface area contributed by atoms with Gasteiger partial charge in [0.25, 0.3) is 5.91 Å². The van der Waals surface area contributed by atoms with E-state index in [9.17, 15) is 9.18 Å². The van der Waals surface area contributed by atoms with Crippen LogP contribution in [0, 0.1) is 5.82 Å². The number of amides is 1. The number of hydrogen-bond donors (Lipinski definition) is 1. The highest BCUT2D eigenvalue weighted by atomic mass is 31.0. The van der Waals surface area contributed by atoms with E-state index in [0.29, 0.717) is 40.1 Å². The second-order valence-electron chi connectivity index (χ2n) is 9.03. The molecule has 2 bridgehead atoms. The maximum absolute atomic E-state index is 14.7. The molecule has 3 fully saturated rings. The summed E-state index contributed by atoms with van der Waals surface area (Å²) < 4.78 is 14.7. The van der Waals surface area contributed by atoms with E-state index >= 15 is 0 Å². The van der Waals surface area contributed by atoms with Gasteiger partial charge < -0.3 is 10.2 Å². The first-order chi connectivity index (χ1) is 15.3. The van der Waals surface area contributed by atoms with Gasteiger partial charge in [-0.3, -0.25) is 4.79 Å². The Bertz CT molecular complexity index is 1180. The van der Waals surface area contributed by atoms with Gasteiger partial charge in [0.15, 0.2) is 5.82 Å². The Hall–Kier alpha value is -2.92. The zero-order chi connectivity index (χ0) is 22.5. The summed E-state index contributed by atoms with van der Waals surface area (Å²) in [7, 11) is 2.96. The topological polar surface area (TPSA) is 71.0 Å². The Morgan fingerprint density at radius 3 is 2.50 bits per heavy atom. The zero-order valence-corrected chi connectivity index (χ0v) is 19.2. The van der Waals surface area contributed by atoms with Crippen molar-refractivity contribution in [3.8, 4) is 11.1 Å². The molecule has 1 atom stereocenters. The van der Waals surface area contributed by atoms with Crippen LogP contribution < -0.4 is 10.2 Å². The van der Waals surface area contributed by atoms with E-state index < -0.39 is 0 Å². The zero-order valence-electron chi connectivity index (χ0n) is 18.0. The van der Waals surface area contributed by atoms with Crippen LogP contribution in [0.4, 0.5) is 15.9 Å². The van der Waals surface area contributed by atoms with Crippen LogP contribution in [0.15, 0.2) is 48.9 Å². The van der Waals surface area contributed by atoms with Crippen molar-refractivity contribution in [2.75, 3.05) is 16.8 Å². The van der Waals surface area contributed by atoms with Crippen molar-refractivity contribution in [1.29, 1.82) is 0 Å². The van der Waals surface area contributed by atoms with Crippen LogP contribution in [0.1, 0.15) is 48.8 Å². The molecule has 1 N–H and O–H groups in total. The summed E-state index contributed by atoms with van der Waals surface area (Å²) in [6.07, 6.45) is 6.88. The molecule has 3 aromatic rings. The first-order valence-electron chi connectivity index (χ1n) is 10.8. The van der Waals surface area contributed by atoms with E-state index in [1.807, 2.05) is 13.8 Å². The molecule has 1 saturated carbocycles. The van der Waals surface area contributed by atoms with Crippen molar-refractivity contribution in [3.05, 3.63) is 66.1 Å². The van der Waals surface area contributed by atoms with Crippen molar-refractivity contribution < 1.29 is 9.18 Å². The molecule has 1 unspecified atom stereocenters. The summed E-state index contributed by atoms with van der Waals surface area (Å²) in [5.74, 6) is 0.826. The summed E-state index contributed by atoms with van der Waals surface area (Å²) in [6, 6.07) is 8.69. The first kappa shape index (κ1) is 21.0. The molecule has 3 aliphatic rings. The molecule has 2 aromatic heterocycles. The normalized spacial score (nSPS) is 21.5. The van der Waals surface area contributed by atoms with Crippen LogP contribution in [-0.4, -0.2) is 38.6 Å². The van der Waals surface area contributed by atoms with Crippen molar-refractivity contribution in [2.24, 2.45) is 0 Å². The van der Waals surface area contributed by atoms with Crippen LogP contribution >= 0.6 is 9.24 Å². The van der Waals surface area contributed by atoms with E-state index in [-0.39, 0.29) is 22.8 Å². The van der Waals surface area contributed by atoms with Gasteiger partial charge in [0.2, 0.25) is 0 Å². The quantitative estimate of drug-likeness (QED) is 0.574. The van der Waals surface area contributed by atoms with Gasteiger partial charge in [-0.2, -0.15) is 0 Å². The number of anilines is 2. The second kappa shape index (κ2) is 7.89. The highest BCUT2D eigenvalue weighted by Gasteiger charge is 2.53. The van der Waals surface area contributed by atoms with E-state index in [2.05, 4.69) is 34.4 Å². The molecule has 8 heteroatoms. The fraction of sp³-hybridized carbons (Fsp3) is 0.333. The predicted molar refractivity (Wildman–Crippen MR) is 127 cm³/mol. The number of aromatic nitrogens is 3. The van der Waals surface area contributed by atoms with Crippen LogP contribution in [0.25, 0.3) is 11.1 Å². The standard InChI is InChI=1S/C24H25FN5OP/c1-14(2)21-27-11-15(12-28-21)23(31)29-20-18(17-5-3-4-6-19(17)25)7-8-26-22(20)30-13-24(32)9-16(30)10-24/h3-8,11-12,14,16H,9-10,13,32H2,1-2H3,(H,29,31). The van der Waals surface area contributed by atoms with E-state index in [4.69, 9.17) is 0 Å². The maximum atomic E-state index is 14.7. The van der Waals surface area contributed by atoms with Gasteiger partial charge in [-0.05, 0) is 25.0 Å². The molecule has 4 heterocycles. The highest BCUT2D eigenvalue weighted by molar-refractivity contribution is 7.19. The largest absolute Gasteiger partial charge is 0.351 e. The minimum Gasteiger partial charge on any atom is -0.351 e. The van der Waals surface area contributed by atoms with Gasteiger partial charge in [0.1, 0.15) is 11.6 Å². The fourth-order valence-corrected chi connectivity index (χ4v) is 5.32. The van der Waals surface area contributed by atoms with Crippen LogP contribution in [0.2, 0.25) is 0 Å². The number of hydrogen-bond acceptors (Lipinski definition) is 5. The summed E-state index contributed by atoms with van der Waals surface area (Å²) >= 11 is 0. The molecule has 1 aromatic carbocycles. The third kappa shape index (κ3) is 3.65. The number of nitrogens with zero attached hydrogens (tertiary/aromatic N) is 4. The number of carbonyl (C=O) groups excluding carboxylic acids is 1. The molecule has 164 valence electrons. The Morgan fingerprint density at radius 1 is 1.16 bits per heavy atom. The lowest BCUT2D eigenvalue weighted by atomic mass is 9.85. The highest BCUT2D eigenvalue weighted by Crippen LogP contribution is 2.53. The number of halogens is 1. The molecule has 2 saturated heterocycles. The molecule has 6 nitrogen and oxygen atoms in total. The van der Waals surface area contributed by atoms with Crippen molar-refractivity contribution in [1.82, 2.24) is 15.0 Å². The fourth-order valence-electron chi connectivity index (χ4n) is 4.58. The van der Waals surface area contributed by atoms with E-state index in [0.717, 1.165) is 19.4 Å². The van der Waals surface area contributed by atoms with Gasteiger partial charge in [-0.15, -0.1) is 9.24 Å². The van der Waals surface area contributed by atoms with Crippen molar-refractivity contribution in [2.45, 2.75) is 43.8 Å². The van der Waals surface area contributed by atoms with Crippen LogP contribution in [-0.2, 0) is 0 Å². The van der Waals surface area contributed by atoms with Crippen molar-refractivity contribution >= 4 is 26.7 Å². The Balaban J connectivity index is 1.56. The Labute approximate surface area is 188 Å². The van der Waals surface area contributed by atoms with Crippen molar-refractivity contribution in [3.63, 3.8) is 0 Å². The third-order valence-corrected chi connectivity index (χ3v) is 6.92. The summed E-state index contributed by atoms with van der Waals surface area (Å²) in [5, 5.41) is 3.20. The number of fused-ring (bicyclic) bond motifs is 1. The minimum atomic E-state index is -0.349. The molecule has 2 aliphatic heterocycles. The van der Waals surface area contributed by atoms with Crippen LogP contribution in [0.3, 0.4) is 0 Å². The number of rotatable bonds is 5. The predicted octanol–water partition coefficient (Wildman–Crippen LogP) is 4.65. The average molecular weight is 449 g/mol. The maximum Gasteiger partial charge on any atom is 0.258 e. The lowest BCUT2D eigenvalue weighted by molar-refractivity contribution is 0.102. The summed E-state index contributed by atoms with van der Waals surface area (Å²) in [5.41, 5.74) is 1.88. The SMILES string of the molecule is CC(C)c1ncc(C(=O)Nc2c(-c3ccccc3F)ccnc2N2CC3(P)CC2C3)cn1. The van der Waals surface area contributed by atoms with Gasteiger partial charge in [-0.25, -0.2) is 19.3 Å².